The van der Waals surface area contributed by atoms with Gasteiger partial charge in [0.1, 0.15) is 12.4 Å². The number of amides is 1. The highest BCUT2D eigenvalue weighted by Crippen LogP contribution is 2.24. The number of hydrogen-bond donors (Lipinski definition) is 3. The van der Waals surface area contributed by atoms with E-state index in [1.165, 1.54) is 4.68 Å². The SMILES string of the molecule is N#Cc1ccccc1Cc1nc(Nc2ccn(CC(N)=O)n2)cc2[nH]ncc12. The predicted molar refractivity (Wildman–Crippen MR) is 103 cm³/mol. The van der Waals surface area contributed by atoms with Crippen LogP contribution < -0.4 is 11.1 Å². The van der Waals surface area contributed by atoms with E-state index >= 15 is 0 Å². The molecule has 3 aromatic heterocycles. The summed E-state index contributed by atoms with van der Waals surface area (Å²) in [6, 6.07) is 13.2. The summed E-state index contributed by atoms with van der Waals surface area (Å²) in [5.41, 5.74) is 8.30. The molecule has 28 heavy (non-hydrogen) atoms. The number of aromatic nitrogens is 5. The summed E-state index contributed by atoms with van der Waals surface area (Å²) in [6.07, 6.45) is 3.87. The molecule has 0 fully saturated rings. The molecule has 1 aromatic carbocycles. The zero-order chi connectivity index (χ0) is 19.5. The van der Waals surface area contributed by atoms with Crippen molar-refractivity contribution in [3.05, 3.63) is 65.6 Å². The van der Waals surface area contributed by atoms with Gasteiger partial charge in [-0.15, -0.1) is 0 Å². The largest absolute Gasteiger partial charge is 0.368 e. The highest BCUT2D eigenvalue weighted by molar-refractivity contribution is 5.83. The quantitative estimate of drug-likeness (QED) is 0.472. The molecule has 0 aliphatic heterocycles. The fourth-order valence-electron chi connectivity index (χ4n) is 2.98. The van der Waals surface area contributed by atoms with E-state index < -0.39 is 5.91 Å². The third-order valence-corrected chi connectivity index (χ3v) is 4.23. The molecule has 9 nitrogen and oxygen atoms in total. The molecule has 1 amide bonds. The average Bonchev–Trinajstić information content (AvgIpc) is 3.31. The molecular weight excluding hydrogens is 356 g/mol. The second kappa shape index (κ2) is 7.20. The number of pyridine rings is 1. The van der Waals surface area contributed by atoms with E-state index in [0.717, 1.165) is 22.2 Å². The van der Waals surface area contributed by atoms with Crippen LogP contribution in [0.15, 0.2) is 48.8 Å². The number of H-pyrrole nitrogens is 1. The Hall–Kier alpha value is -4.19. The first-order chi connectivity index (χ1) is 13.6. The van der Waals surface area contributed by atoms with Gasteiger partial charge in [-0.3, -0.25) is 14.6 Å². The van der Waals surface area contributed by atoms with Crippen LogP contribution in [0.1, 0.15) is 16.8 Å². The van der Waals surface area contributed by atoms with Crippen molar-refractivity contribution in [3.8, 4) is 6.07 Å². The van der Waals surface area contributed by atoms with Gasteiger partial charge in [-0.25, -0.2) is 4.98 Å². The predicted octanol–water partition coefficient (Wildman–Crippen LogP) is 1.85. The van der Waals surface area contributed by atoms with Crippen LogP contribution in [0.2, 0.25) is 0 Å². The smallest absolute Gasteiger partial charge is 0.239 e. The second-order valence-corrected chi connectivity index (χ2v) is 6.22. The lowest BCUT2D eigenvalue weighted by molar-refractivity contribution is -0.118. The van der Waals surface area contributed by atoms with E-state index in [1.54, 1.807) is 24.5 Å². The molecule has 0 spiro atoms. The summed E-state index contributed by atoms with van der Waals surface area (Å²) in [6.45, 7) is 0.00485. The molecule has 0 saturated heterocycles. The van der Waals surface area contributed by atoms with Crippen molar-refractivity contribution in [3.63, 3.8) is 0 Å². The molecule has 9 heteroatoms. The van der Waals surface area contributed by atoms with Crippen LogP contribution in [0.3, 0.4) is 0 Å². The van der Waals surface area contributed by atoms with Crippen LogP contribution in [0.5, 0.6) is 0 Å². The van der Waals surface area contributed by atoms with Crippen molar-refractivity contribution in [1.82, 2.24) is 25.0 Å². The number of fused-ring (bicyclic) bond motifs is 1. The number of hydrogen-bond acceptors (Lipinski definition) is 6. The number of nitriles is 1. The Balaban J connectivity index is 1.66. The number of rotatable bonds is 6. The maximum atomic E-state index is 11.0. The van der Waals surface area contributed by atoms with Gasteiger partial charge in [-0.2, -0.15) is 15.5 Å². The summed E-state index contributed by atoms with van der Waals surface area (Å²) in [5.74, 6) is 0.645. The number of nitrogens with two attached hydrogens (primary N) is 1. The van der Waals surface area contributed by atoms with E-state index in [1.807, 2.05) is 24.3 Å². The zero-order valence-corrected chi connectivity index (χ0v) is 14.8. The molecular formula is C19H16N8O. The molecule has 0 bridgehead atoms. The Kier molecular flexibility index (Phi) is 4.43. The Morgan fingerprint density at radius 3 is 2.96 bits per heavy atom. The van der Waals surface area contributed by atoms with Crippen LogP contribution >= 0.6 is 0 Å². The van der Waals surface area contributed by atoms with E-state index in [4.69, 9.17) is 5.73 Å². The fourth-order valence-corrected chi connectivity index (χ4v) is 2.98. The normalized spacial score (nSPS) is 10.7. The lowest BCUT2D eigenvalue weighted by Crippen LogP contribution is -2.18. The average molecular weight is 372 g/mol. The Morgan fingerprint density at radius 1 is 1.29 bits per heavy atom. The van der Waals surface area contributed by atoms with Gasteiger partial charge in [0.25, 0.3) is 0 Å². The topological polar surface area (TPSA) is 138 Å². The Bertz CT molecular complexity index is 1200. The third-order valence-electron chi connectivity index (χ3n) is 4.23. The zero-order valence-electron chi connectivity index (χ0n) is 14.8. The van der Waals surface area contributed by atoms with Crippen LogP contribution in [0.25, 0.3) is 10.9 Å². The summed E-state index contributed by atoms with van der Waals surface area (Å²) < 4.78 is 1.45. The van der Waals surface area contributed by atoms with Crippen molar-refractivity contribution in [2.24, 2.45) is 5.73 Å². The lowest BCUT2D eigenvalue weighted by atomic mass is 10.0. The minimum atomic E-state index is -0.468. The van der Waals surface area contributed by atoms with E-state index in [9.17, 15) is 10.1 Å². The van der Waals surface area contributed by atoms with Gasteiger partial charge in [0.05, 0.1) is 29.0 Å². The summed E-state index contributed by atoms with van der Waals surface area (Å²) in [7, 11) is 0. The molecule has 4 aromatic rings. The van der Waals surface area contributed by atoms with Crippen molar-refractivity contribution >= 4 is 28.4 Å². The first kappa shape index (κ1) is 17.2. The van der Waals surface area contributed by atoms with Crippen LogP contribution in [0, 0.1) is 11.3 Å². The molecule has 138 valence electrons. The monoisotopic (exact) mass is 372 g/mol. The van der Waals surface area contributed by atoms with Gasteiger partial charge < -0.3 is 11.1 Å². The van der Waals surface area contributed by atoms with Gasteiger partial charge in [0, 0.05) is 30.1 Å². The van der Waals surface area contributed by atoms with Gasteiger partial charge >= 0.3 is 0 Å². The van der Waals surface area contributed by atoms with Gasteiger partial charge in [-0.1, -0.05) is 18.2 Å². The molecule has 0 atom stereocenters. The maximum absolute atomic E-state index is 11.0. The van der Waals surface area contributed by atoms with Crippen molar-refractivity contribution in [2.45, 2.75) is 13.0 Å². The molecule has 4 rings (SSSR count). The van der Waals surface area contributed by atoms with E-state index in [0.29, 0.717) is 23.6 Å². The number of benzene rings is 1. The molecule has 4 N–H and O–H groups in total. The first-order valence-corrected chi connectivity index (χ1v) is 8.52. The second-order valence-electron chi connectivity index (χ2n) is 6.22. The molecule has 0 unspecified atom stereocenters. The van der Waals surface area contributed by atoms with Crippen LogP contribution in [0.4, 0.5) is 11.6 Å². The number of anilines is 2. The number of carbonyl (C=O) groups is 1. The molecule has 0 aliphatic rings. The maximum Gasteiger partial charge on any atom is 0.239 e. The lowest BCUT2D eigenvalue weighted by Gasteiger charge is -2.08. The molecule has 0 radical (unpaired) electrons. The number of nitrogens with one attached hydrogen (secondary N) is 2. The van der Waals surface area contributed by atoms with Gasteiger partial charge in [0.2, 0.25) is 5.91 Å². The van der Waals surface area contributed by atoms with Gasteiger partial charge in [0.15, 0.2) is 5.82 Å². The minimum absolute atomic E-state index is 0.00485. The van der Waals surface area contributed by atoms with Crippen LogP contribution in [-0.4, -0.2) is 30.9 Å². The minimum Gasteiger partial charge on any atom is -0.368 e. The van der Waals surface area contributed by atoms with Crippen LogP contribution in [-0.2, 0) is 17.8 Å². The number of carbonyl (C=O) groups excluding carboxylic acids is 1. The Morgan fingerprint density at radius 2 is 2.14 bits per heavy atom. The van der Waals surface area contributed by atoms with Crippen molar-refractivity contribution in [2.75, 3.05) is 5.32 Å². The summed E-state index contributed by atoms with van der Waals surface area (Å²) in [5, 5.41) is 24.7. The molecule has 0 saturated carbocycles. The highest BCUT2D eigenvalue weighted by Gasteiger charge is 2.12. The van der Waals surface area contributed by atoms with E-state index in [-0.39, 0.29) is 6.54 Å². The van der Waals surface area contributed by atoms with E-state index in [2.05, 4.69) is 31.7 Å². The van der Waals surface area contributed by atoms with Crippen molar-refractivity contribution in [1.29, 1.82) is 5.26 Å². The summed E-state index contributed by atoms with van der Waals surface area (Å²) >= 11 is 0. The standard InChI is InChI=1S/C19H16N8O/c20-9-13-4-2-1-3-12(13)7-15-14-10-22-25-16(14)8-19(23-15)24-18-5-6-27(26-18)11-17(21)28/h1-6,8,10H,7,11H2,(H2,21,28)(H,22,25)(H,23,24,26). The fraction of sp³-hybridized carbons (Fsp3) is 0.105. The van der Waals surface area contributed by atoms with Crippen molar-refractivity contribution < 1.29 is 4.79 Å². The summed E-state index contributed by atoms with van der Waals surface area (Å²) in [4.78, 5) is 15.7. The Labute approximate surface area is 159 Å². The molecule has 0 aliphatic carbocycles. The molecule has 3 heterocycles. The first-order valence-electron chi connectivity index (χ1n) is 8.52. The highest BCUT2D eigenvalue weighted by atomic mass is 16.1. The number of nitrogens with zero attached hydrogens (tertiary/aromatic N) is 5. The third kappa shape index (κ3) is 3.52. The number of primary amides is 1. The number of aromatic amines is 1. The van der Waals surface area contributed by atoms with Gasteiger partial charge in [-0.05, 0) is 11.6 Å².